The van der Waals surface area contributed by atoms with Crippen molar-refractivity contribution in [1.82, 2.24) is 10.3 Å². The average Bonchev–Trinajstić information content (AvgIpc) is 3.38. The van der Waals surface area contributed by atoms with Gasteiger partial charge in [-0.05, 0) is 49.5 Å². The molecule has 0 unspecified atom stereocenters. The lowest BCUT2D eigenvalue weighted by molar-refractivity contribution is 0.0943. The summed E-state index contributed by atoms with van der Waals surface area (Å²) in [7, 11) is 0. The van der Waals surface area contributed by atoms with Crippen LogP contribution in [0.1, 0.15) is 41.6 Å². The molecule has 1 aromatic rings. The van der Waals surface area contributed by atoms with Gasteiger partial charge >= 0.3 is 0 Å². The number of amides is 1. The first-order chi connectivity index (χ1) is 10.3. The molecule has 1 heterocycles. The number of nitrogens with one attached hydrogen (secondary N) is 1. The van der Waals surface area contributed by atoms with Crippen LogP contribution in [0.25, 0.3) is 0 Å². The van der Waals surface area contributed by atoms with Crippen LogP contribution >= 0.6 is 0 Å². The third-order valence-electron chi connectivity index (χ3n) is 4.29. The largest absolute Gasteiger partial charge is 0.352 e. The van der Waals surface area contributed by atoms with Crippen LogP contribution in [-0.4, -0.2) is 24.0 Å². The molecule has 3 N–H and O–H groups in total. The Labute approximate surface area is 125 Å². The molecule has 0 bridgehead atoms. The molecule has 0 spiro atoms. The van der Waals surface area contributed by atoms with Crippen molar-refractivity contribution in [1.29, 1.82) is 0 Å². The van der Waals surface area contributed by atoms with E-state index in [2.05, 4.69) is 22.1 Å². The number of nitrogens with two attached hydrogens (primary N) is 1. The molecular weight excluding hydrogens is 262 g/mol. The monoisotopic (exact) mass is 283 g/mol. The normalized spacial score (nSPS) is 17.2. The molecule has 0 atom stereocenters. The minimum Gasteiger partial charge on any atom is -0.352 e. The highest BCUT2D eigenvalue weighted by molar-refractivity contribution is 5.94. The standard InChI is InChI=1S/C17H21N3O/c18-7-1-2-12-8-15(10-19-9-12)17(21)20-11-16(13-3-4-13)14-5-6-14/h8-10,13-14,16H,3-7,11,18H2,(H,20,21). The lowest BCUT2D eigenvalue weighted by Gasteiger charge is -2.16. The Balaban J connectivity index is 1.59. The summed E-state index contributed by atoms with van der Waals surface area (Å²) in [5.74, 6) is 8.00. The smallest absolute Gasteiger partial charge is 0.252 e. The molecule has 4 heteroatoms. The zero-order valence-electron chi connectivity index (χ0n) is 12.1. The zero-order valence-corrected chi connectivity index (χ0v) is 12.1. The van der Waals surface area contributed by atoms with Crippen molar-refractivity contribution in [3.05, 3.63) is 29.6 Å². The van der Waals surface area contributed by atoms with E-state index >= 15 is 0 Å². The molecule has 0 aromatic carbocycles. The molecule has 1 aromatic heterocycles. The second-order valence-corrected chi connectivity index (χ2v) is 6.02. The lowest BCUT2D eigenvalue weighted by atomic mass is 9.98. The van der Waals surface area contributed by atoms with Crippen molar-refractivity contribution in [2.45, 2.75) is 25.7 Å². The van der Waals surface area contributed by atoms with Gasteiger partial charge in [-0.1, -0.05) is 11.8 Å². The van der Waals surface area contributed by atoms with E-state index in [1.807, 2.05) is 0 Å². The summed E-state index contributed by atoms with van der Waals surface area (Å²) in [5.41, 5.74) is 6.65. The maximum Gasteiger partial charge on any atom is 0.252 e. The van der Waals surface area contributed by atoms with Crippen LogP contribution < -0.4 is 11.1 Å². The predicted octanol–water partition coefficient (Wildman–Crippen LogP) is 1.56. The first kappa shape index (κ1) is 14.1. The van der Waals surface area contributed by atoms with Crippen molar-refractivity contribution < 1.29 is 4.79 Å². The van der Waals surface area contributed by atoms with Gasteiger partial charge in [-0.25, -0.2) is 0 Å². The Kier molecular flexibility index (Phi) is 4.21. The topological polar surface area (TPSA) is 68.0 Å². The molecule has 2 aliphatic rings. The minimum atomic E-state index is -0.0507. The fourth-order valence-corrected chi connectivity index (χ4v) is 2.87. The number of rotatable bonds is 5. The van der Waals surface area contributed by atoms with E-state index in [-0.39, 0.29) is 5.91 Å². The van der Waals surface area contributed by atoms with Crippen molar-refractivity contribution in [2.24, 2.45) is 23.5 Å². The number of hydrogen-bond acceptors (Lipinski definition) is 3. The molecular formula is C17H21N3O. The van der Waals surface area contributed by atoms with E-state index in [0.29, 0.717) is 18.0 Å². The van der Waals surface area contributed by atoms with Crippen LogP contribution in [-0.2, 0) is 0 Å². The summed E-state index contributed by atoms with van der Waals surface area (Å²) in [6.07, 6.45) is 8.58. The van der Waals surface area contributed by atoms with Crippen LogP contribution in [0.2, 0.25) is 0 Å². The minimum absolute atomic E-state index is 0.0507. The summed E-state index contributed by atoms with van der Waals surface area (Å²) < 4.78 is 0. The summed E-state index contributed by atoms with van der Waals surface area (Å²) in [6, 6.07) is 1.77. The Morgan fingerprint density at radius 1 is 1.33 bits per heavy atom. The number of pyridine rings is 1. The second kappa shape index (κ2) is 6.28. The van der Waals surface area contributed by atoms with Crippen molar-refractivity contribution in [3.8, 4) is 11.8 Å². The highest BCUT2D eigenvalue weighted by Gasteiger charge is 2.41. The van der Waals surface area contributed by atoms with Gasteiger partial charge in [0, 0.05) is 24.5 Å². The van der Waals surface area contributed by atoms with Gasteiger partial charge in [-0.2, -0.15) is 0 Å². The Bertz CT molecular complexity index is 567. The van der Waals surface area contributed by atoms with Crippen LogP contribution in [0, 0.1) is 29.6 Å². The third-order valence-corrected chi connectivity index (χ3v) is 4.29. The first-order valence-corrected chi connectivity index (χ1v) is 7.70. The summed E-state index contributed by atoms with van der Waals surface area (Å²) in [5, 5.41) is 3.07. The molecule has 110 valence electrons. The molecule has 0 radical (unpaired) electrons. The first-order valence-electron chi connectivity index (χ1n) is 7.70. The predicted molar refractivity (Wildman–Crippen MR) is 81.4 cm³/mol. The van der Waals surface area contributed by atoms with E-state index < -0.39 is 0 Å². The number of nitrogens with zero attached hydrogens (tertiary/aromatic N) is 1. The van der Waals surface area contributed by atoms with E-state index in [0.717, 1.165) is 23.9 Å². The second-order valence-electron chi connectivity index (χ2n) is 6.02. The van der Waals surface area contributed by atoms with Crippen molar-refractivity contribution in [3.63, 3.8) is 0 Å². The van der Waals surface area contributed by atoms with Gasteiger partial charge < -0.3 is 11.1 Å². The third kappa shape index (κ3) is 3.83. The van der Waals surface area contributed by atoms with Crippen LogP contribution in [0.15, 0.2) is 18.5 Å². The quantitative estimate of drug-likeness (QED) is 0.806. The Morgan fingerprint density at radius 2 is 2.05 bits per heavy atom. The van der Waals surface area contributed by atoms with Crippen LogP contribution in [0.4, 0.5) is 0 Å². The van der Waals surface area contributed by atoms with Gasteiger partial charge in [0.1, 0.15) is 0 Å². The average molecular weight is 283 g/mol. The zero-order chi connectivity index (χ0) is 14.7. The SMILES string of the molecule is NCC#Cc1cncc(C(=O)NCC(C2CC2)C2CC2)c1. The fourth-order valence-electron chi connectivity index (χ4n) is 2.87. The fraction of sp³-hybridized carbons (Fsp3) is 0.529. The van der Waals surface area contributed by atoms with E-state index in [1.54, 1.807) is 18.5 Å². The molecule has 21 heavy (non-hydrogen) atoms. The number of carbonyl (C=O) groups is 1. The van der Waals surface area contributed by atoms with E-state index in [9.17, 15) is 4.79 Å². The van der Waals surface area contributed by atoms with Crippen LogP contribution in [0.5, 0.6) is 0 Å². The molecule has 2 fully saturated rings. The number of carbonyl (C=O) groups excluding carboxylic acids is 1. The van der Waals surface area contributed by atoms with Gasteiger partial charge in [-0.3, -0.25) is 9.78 Å². The lowest BCUT2D eigenvalue weighted by Crippen LogP contribution is -2.31. The van der Waals surface area contributed by atoms with Gasteiger partial charge in [0.05, 0.1) is 12.1 Å². The summed E-state index contributed by atoms with van der Waals surface area (Å²) in [6.45, 7) is 1.10. The van der Waals surface area contributed by atoms with Gasteiger partial charge in [0.25, 0.3) is 5.91 Å². The van der Waals surface area contributed by atoms with Crippen molar-refractivity contribution in [2.75, 3.05) is 13.1 Å². The molecule has 0 saturated heterocycles. The summed E-state index contributed by atoms with van der Waals surface area (Å²) in [4.78, 5) is 16.3. The highest BCUT2D eigenvalue weighted by Crippen LogP contribution is 2.48. The molecule has 0 aliphatic heterocycles. The van der Waals surface area contributed by atoms with Gasteiger partial charge in [0.2, 0.25) is 0 Å². The van der Waals surface area contributed by atoms with Crippen molar-refractivity contribution >= 4 is 5.91 Å². The Hall–Kier alpha value is -1.86. The van der Waals surface area contributed by atoms with E-state index in [1.165, 1.54) is 25.7 Å². The highest BCUT2D eigenvalue weighted by atomic mass is 16.1. The molecule has 2 aliphatic carbocycles. The summed E-state index contributed by atoms with van der Waals surface area (Å²) >= 11 is 0. The molecule has 4 nitrogen and oxygen atoms in total. The van der Waals surface area contributed by atoms with Gasteiger partial charge in [0.15, 0.2) is 0 Å². The maximum atomic E-state index is 12.2. The molecule has 2 saturated carbocycles. The number of hydrogen-bond donors (Lipinski definition) is 2. The maximum absolute atomic E-state index is 12.2. The van der Waals surface area contributed by atoms with Crippen LogP contribution in [0.3, 0.4) is 0 Å². The number of aromatic nitrogens is 1. The van der Waals surface area contributed by atoms with Gasteiger partial charge in [-0.15, -0.1) is 0 Å². The molecule has 1 amide bonds. The van der Waals surface area contributed by atoms with E-state index in [4.69, 9.17) is 5.73 Å². The molecule has 3 rings (SSSR count). The Morgan fingerprint density at radius 3 is 2.67 bits per heavy atom.